The minimum atomic E-state index is -0.517. The van der Waals surface area contributed by atoms with E-state index in [2.05, 4.69) is 31.2 Å². The van der Waals surface area contributed by atoms with E-state index in [-0.39, 0.29) is 5.78 Å². The molecule has 6 heteroatoms. The molecule has 3 aromatic rings. The Hall–Kier alpha value is -4.01. The van der Waals surface area contributed by atoms with Gasteiger partial charge in [-0.25, -0.2) is 0 Å². The van der Waals surface area contributed by atoms with Gasteiger partial charge in [-0.15, -0.1) is 0 Å². The third-order valence-electron chi connectivity index (χ3n) is 7.75. The molecule has 0 aromatic heterocycles. The van der Waals surface area contributed by atoms with E-state index in [4.69, 9.17) is 22.1 Å². The Balaban J connectivity index is 1.64. The van der Waals surface area contributed by atoms with Crippen molar-refractivity contribution in [3.05, 3.63) is 116 Å². The van der Waals surface area contributed by atoms with Crippen LogP contribution >= 0.6 is 11.6 Å². The van der Waals surface area contributed by atoms with Crippen LogP contribution in [-0.4, -0.2) is 5.78 Å². The molecule has 5 nitrogen and oxygen atoms in total. The number of nitrogens with zero attached hydrogens (tertiary/aromatic N) is 2. The summed E-state index contributed by atoms with van der Waals surface area (Å²) < 4.78 is 6.08. The first-order valence-corrected chi connectivity index (χ1v) is 13.7. The van der Waals surface area contributed by atoms with Crippen molar-refractivity contribution >= 4 is 23.1 Å². The average molecular weight is 538 g/mol. The number of halogens is 1. The second-order valence-electron chi connectivity index (χ2n) is 10.2. The quantitative estimate of drug-likeness (QED) is 0.354. The number of nitrogens with two attached hydrogens (primary N) is 1. The molecule has 5 rings (SSSR count). The van der Waals surface area contributed by atoms with E-state index in [1.807, 2.05) is 49.1 Å². The summed E-state index contributed by atoms with van der Waals surface area (Å²) in [7, 11) is 0. The number of nitriles is 1. The van der Waals surface area contributed by atoms with Crippen molar-refractivity contribution in [3.8, 4) is 11.8 Å². The summed E-state index contributed by atoms with van der Waals surface area (Å²) in [5, 5.41) is 11.1. The average Bonchev–Trinajstić information content (AvgIpc) is 2.94. The number of hydrogen-bond acceptors (Lipinski definition) is 5. The molecule has 1 heterocycles. The Morgan fingerprint density at radius 3 is 2.54 bits per heavy atom. The van der Waals surface area contributed by atoms with Crippen LogP contribution in [-0.2, 0) is 17.8 Å². The second kappa shape index (κ2) is 11.0. The third-order valence-corrected chi connectivity index (χ3v) is 8.00. The topological polar surface area (TPSA) is 79.3 Å². The maximum atomic E-state index is 13.6. The van der Waals surface area contributed by atoms with Gasteiger partial charge in [0, 0.05) is 22.7 Å². The van der Waals surface area contributed by atoms with Gasteiger partial charge >= 0.3 is 0 Å². The van der Waals surface area contributed by atoms with E-state index < -0.39 is 5.92 Å². The van der Waals surface area contributed by atoms with Crippen LogP contribution in [0.15, 0.2) is 83.3 Å². The zero-order chi connectivity index (χ0) is 27.7. The molecule has 2 aliphatic rings. The Morgan fingerprint density at radius 1 is 1.08 bits per heavy atom. The van der Waals surface area contributed by atoms with Crippen LogP contribution in [0.3, 0.4) is 0 Å². The molecule has 198 valence electrons. The summed E-state index contributed by atoms with van der Waals surface area (Å²) in [4.78, 5) is 15.6. The number of ether oxygens (including phenoxy) is 1. The number of Topliss-reactive ketones (excluding diaryl/α,β-unsaturated/α-hetero) is 1. The molecule has 0 saturated heterocycles. The summed E-state index contributed by atoms with van der Waals surface area (Å²) in [6, 6.07) is 21.9. The highest BCUT2D eigenvalue weighted by Gasteiger charge is 2.41. The Bertz CT molecular complexity index is 1550. The number of benzene rings is 3. The zero-order valence-corrected chi connectivity index (χ0v) is 23.3. The molecule has 0 saturated carbocycles. The van der Waals surface area contributed by atoms with Gasteiger partial charge in [0.1, 0.15) is 18.2 Å². The lowest BCUT2D eigenvalue weighted by atomic mass is 9.73. The third kappa shape index (κ3) is 4.93. The van der Waals surface area contributed by atoms with E-state index in [1.54, 1.807) is 12.1 Å². The normalized spacial score (nSPS) is 17.3. The molecule has 0 bridgehead atoms. The van der Waals surface area contributed by atoms with Crippen LogP contribution in [0.5, 0.6) is 5.75 Å². The van der Waals surface area contributed by atoms with E-state index >= 15 is 0 Å². The van der Waals surface area contributed by atoms with Crippen LogP contribution in [0, 0.1) is 25.2 Å². The van der Waals surface area contributed by atoms with Crippen molar-refractivity contribution in [2.75, 3.05) is 4.90 Å². The van der Waals surface area contributed by atoms with Crippen molar-refractivity contribution < 1.29 is 9.53 Å². The van der Waals surface area contributed by atoms with Gasteiger partial charge in [0.25, 0.3) is 0 Å². The first-order chi connectivity index (χ1) is 18.8. The summed E-state index contributed by atoms with van der Waals surface area (Å²) in [6.45, 7) is 6.51. The van der Waals surface area contributed by atoms with Crippen molar-refractivity contribution in [3.63, 3.8) is 0 Å². The monoisotopic (exact) mass is 537 g/mol. The summed E-state index contributed by atoms with van der Waals surface area (Å²) >= 11 is 6.02. The Kier molecular flexibility index (Phi) is 7.50. The molecule has 1 unspecified atom stereocenters. The van der Waals surface area contributed by atoms with E-state index in [0.717, 1.165) is 64.2 Å². The van der Waals surface area contributed by atoms with Crippen molar-refractivity contribution in [2.45, 2.75) is 59.0 Å². The lowest BCUT2D eigenvalue weighted by molar-refractivity contribution is -0.116. The highest BCUT2D eigenvalue weighted by Crippen LogP contribution is 2.48. The van der Waals surface area contributed by atoms with Gasteiger partial charge in [0.05, 0.1) is 23.2 Å². The van der Waals surface area contributed by atoms with Crippen molar-refractivity contribution in [1.82, 2.24) is 0 Å². The molecule has 1 atom stereocenters. The highest BCUT2D eigenvalue weighted by molar-refractivity contribution is 6.30. The molecule has 3 aromatic carbocycles. The lowest BCUT2D eigenvalue weighted by Crippen LogP contribution is -2.39. The number of allylic oxidation sites excluding steroid dienone is 3. The van der Waals surface area contributed by atoms with Gasteiger partial charge in [-0.1, -0.05) is 54.4 Å². The number of para-hydroxylation sites is 1. The van der Waals surface area contributed by atoms with Crippen LogP contribution in [0.1, 0.15) is 59.9 Å². The molecule has 0 amide bonds. The second-order valence-corrected chi connectivity index (χ2v) is 10.6. The van der Waals surface area contributed by atoms with Gasteiger partial charge in [0.2, 0.25) is 0 Å². The highest BCUT2D eigenvalue weighted by atomic mass is 35.5. The lowest BCUT2D eigenvalue weighted by Gasteiger charge is -2.40. The Morgan fingerprint density at radius 2 is 1.82 bits per heavy atom. The van der Waals surface area contributed by atoms with Crippen LogP contribution in [0.4, 0.5) is 5.69 Å². The smallest absolute Gasteiger partial charge is 0.161 e. The number of ketones is 1. The van der Waals surface area contributed by atoms with Gasteiger partial charge in [-0.2, -0.15) is 5.26 Å². The van der Waals surface area contributed by atoms with Crippen LogP contribution in [0.25, 0.3) is 0 Å². The first-order valence-electron chi connectivity index (χ1n) is 13.4. The fourth-order valence-corrected chi connectivity index (χ4v) is 5.93. The van der Waals surface area contributed by atoms with Gasteiger partial charge in [-0.05, 0) is 85.7 Å². The SMILES string of the molecule is CCc1ccccc1N1C(N)=C(C#N)C(c2cc(C)cc(COc3ccc(Cl)cc3)c2C)C2=C1CCCC2=O. The molecule has 1 aliphatic carbocycles. The van der Waals surface area contributed by atoms with E-state index in [0.29, 0.717) is 35.0 Å². The molecule has 39 heavy (non-hydrogen) atoms. The number of carbonyl (C=O) groups excluding carboxylic acids is 1. The number of hydrogen-bond donors (Lipinski definition) is 1. The number of carbonyl (C=O) groups is 1. The molecular formula is C33H32ClN3O2. The van der Waals surface area contributed by atoms with Crippen LogP contribution < -0.4 is 15.4 Å². The number of anilines is 1. The molecule has 0 fully saturated rings. The molecule has 1 aliphatic heterocycles. The standard InChI is InChI=1S/C33H32ClN3O2/c1-4-22-8-5-6-9-28(22)37-29-10-7-11-30(38)32(29)31(27(18-35)33(37)36)26-17-20(2)16-23(21(26)3)19-39-25-14-12-24(34)13-15-25/h5-6,8-9,12-17,31H,4,7,10-11,19,36H2,1-3H3. The first kappa shape index (κ1) is 26.6. The van der Waals surface area contributed by atoms with Crippen molar-refractivity contribution in [1.29, 1.82) is 5.26 Å². The minimum Gasteiger partial charge on any atom is -0.489 e. The zero-order valence-electron chi connectivity index (χ0n) is 22.6. The molecule has 0 spiro atoms. The van der Waals surface area contributed by atoms with Gasteiger partial charge in [-0.3, -0.25) is 9.69 Å². The molecule has 0 radical (unpaired) electrons. The van der Waals surface area contributed by atoms with Crippen LogP contribution in [0.2, 0.25) is 5.02 Å². The summed E-state index contributed by atoms with van der Waals surface area (Å²) in [5.41, 5.74) is 14.9. The minimum absolute atomic E-state index is 0.0837. The van der Waals surface area contributed by atoms with Crippen molar-refractivity contribution in [2.24, 2.45) is 5.73 Å². The van der Waals surface area contributed by atoms with E-state index in [1.165, 1.54) is 0 Å². The maximum Gasteiger partial charge on any atom is 0.161 e. The summed E-state index contributed by atoms with van der Waals surface area (Å²) in [6.07, 6.45) is 2.77. The number of rotatable bonds is 6. The predicted octanol–water partition coefficient (Wildman–Crippen LogP) is 7.40. The fourth-order valence-electron chi connectivity index (χ4n) is 5.81. The number of aryl methyl sites for hydroxylation is 2. The fraction of sp³-hybridized carbons (Fsp3) is 0.273. The van der Waals surface area contributed by atoms with E-state index in [9.17, 15) is 10.1 Å². The summed E-state index contributed by atoms with van der Waals surface area (Å²) in [5.74, 6) is 0.688. The molecule has 2 N–H and O–H groups in total. The van der Waals surface area contributed by atoms with Gasteiger partial charge < -0.3 is 10.5 Å². The largest absolute Gasteiger partial charge is 0.489 e. The predicted molar refractivity (Wildman–Crippen MR) is 155 cm³/mol. The maximum absolute atomic E-state index is 13.6. The Labute approximate surface area is 235 Å². The molecular weight excluding hydrogens is 506 g/mol. The van der Waals surface area contributed by atoms with Gasteiger partial charge in [0.15, 0.2) is 5.78 Å².